The molecule has 0 aromatic rings. The SMILES string of the molecule is N[C@@H]1C(=O)N2C(C(=O)O)=C(C=C3CCN(CC4CC4)C3=O)CS[C@H]12.O=C(O)C(F)(F)F. The first-order valence-electron chi connectivity index (χ1n) is 9.38. The van der Waals surface area contributed by atoms with Crippen LogP contribution in [0.4, 0.5) is 13.2 Å². The minimum atomic E-state index is -5.08. The second kappa shape index (κ2) is 8.54. The predicted molar refractivity (Wildman–Crippen MR) is 101 cm³/mol. The van der Waals surface area contributed by atoms with Crippen molar-refractivity contribution < 1.29 is 42.6 Å². The molecular weight excluding hydrogens is 443 g/mol. The van der Waals surface area contributed by atoms with Crippen molar-refractivity contribution in [2.45, 2.75) is 36.9 Å². The molecule has 1 saturated carbocycles. The first-order valence-corrected chi connectivity index (χ1v) is 10.4. The highest BCUT2D eigenvalue weighted by Gasteiger charge is 2.51. The summed E-state index contributed by atoms with van der Waals surface area (Å²) in [5, 5.41) is 16.3. The van der Waals surface area contributed by atoms with Crippen molar-refractivity contribution in [3.8, 4) is 0 Å². The zero-order valence-electron chi connectivity index (χ0n) is 16.1. The maximum Gasteiger partial charge on any atom is 0.490 e. The molecule has 0 radical (unpaired) electrons. The molecule has 1 aliphatic carbocycles. The van der Waals surface area contributed by atoms with Gasteiger partial charge in [0, 0.05) is 24.4 Å². The number of nitrogens with two attached hydrogens (primary N) is 1. The normalized spacial score (nSPS) is 27.0. The monoisotopic (exact) mass is 463 g/mol. The van der Waals surface area contributed by atoms with Gasteiger partial charge in [0.05, 0.1) is 0 Å². The van der Waals surface area contributed by atoms with Crippen LogP contribution in [0.2, 0.25) is 0 Å². The number of rotatable bonds is 4. The first kappa shape index (κ1) is 23.1. The standard InChI is InChI=1S/C16H19N3O4S.C2HF3O2/c17-11-14(21)19-12(16(22)23)10(7-24-15(11)19)5-9-3-4-18(13(9)20)6-8-1-2-8;3-2(4,5)1(6)7/h5,8,11,15H,1-4,6-7,17H2,(H,22,23);(H,6,7)/t11-,15-;/m1./s1. The Morgan fingerprint density at radius 1 is 1.23 bits per heavy atom. The Morgan fingerprint density at radius 2 is 1.84 bits per heavy atom. The number of alkyl halides is 3. The summed E-state index contributed by atoms with van der Waals surface area (Å²) in [4.78, 5) is 48.1. The topological polar surface area (TPSA) is 141 Å². The molecule has 3 fully saturated rings. The van der Waals surface area contributed by atoms with Crippen LogP contribution in [-0.2, 0) is 19.2 Å². The number of carboxylic acid groups (broad SMARTS) is 2. The molecule has 13 heteroatoms. The van der Waals surface area contributed by atoms with E-state index in [1.165, 1.54) is 29.5 Å². The van der Waals surface area contributed by atoms with Crippen LogP contribution in [0.5, 0.6) is 0 Å². The summed E-state index contributed by atoms with van der Waals surface area (Å²) in [6.07, 6.45) is -0.401. The number of fused-ring (bicyclic) bond motifs is 1. The number of hydrogen-bond acceptors (Lipinski definition) is 6. The van der Waals surface area contributed by atoms with E-state index in [4.69, 9.17) is 15.6 Å². The van der Waals surface area contributed by atoms with Crippen molar-refractivity contribution in [1.82, 2.24) is 9.80 Å². The van der Waals surface area contributed by atoms with Crippen molar-refractivity contribution in [1.29, 1.82) is 0 Å². The van der Waals surface area contributed by atoms with E-state index in [0.717, 1.165) is 6.54 Å². The van der Waals surface area contributed by atoms with E-state index < -0.39 is 24.2 Å². The van der Waals surface area contributed by atoms with E-state index >= 15 is 0 Å². The maximum atomic E-state index is 12.5. The minimum absolute atomic E-state index is 0.00194. The van der Waals surface area contributed by atoms with Crippen LogP contribution in [0, 0.1) is 5.92 Å². The number of nitrogens with zero attached hydrogens (tertiary/aromatic N) is 2. The molecule has 0 spiro atoms. The van der Waals surface area contributed by atoms with Crippen LogP contribution in [0.25, 0.3) is 0 Å². The number of carboxylic acids is 2. The Balaban J connectivity index is 0.000000339. The quantitative estimate of drug-likeness (QED) is 0.410. The molecule has 0 bridgehead atoms. The molecule has 31 heavy (non-hydrogen) atoms. The highest BCUT2D eigenvalue weighted by molar-refractivity contribution is 8.00. The number of carbonyl (C=O) groups excluding carboxylic acids is 2. The number of carbonyl (C=O) groups is 4. The van der Waals surface area contributed by atoms with E-state index in [1.807, 2.05) is 4.90 Å². The smallest absolute Gasteiger partial charge is 0.477 e. The molecule has 4 N–H and O–H groups in total. The molecule has 3 aliphatic heterocycles. The number of thioether (sulfide) groups is 1. The Hall–Kier alpha value is -2.54. The number of hydrogen-bond donors (Lipinski definition) is 3. The van der Waals surface area contributed by atoms with E-state index in [9.17, 15) is 32.7 Å². The third-order valence-corrected chi connectivity index (χ3v) is 6.54. The van der Waals surface area contributed by atoms with Gasteiger partial charge >= 0.3 is 18.1 Å². The van der Waals surface area contributed by atoms with Crippen molar-refractivity contribution in [2.75, 3.05) is 18.8 Å². The van der Waals surface area contributed by atoms with Crippen molar-refractivity contribution in [3.05, 3.63) is 22.9 Å². The van der Waals surface area contributed by atoms with Gasteiger partial charge in [-0.1, -0.05) is 0 Å². The van der Waals surface area contributed by atoms with Crippen molar-refractivity contribution in [3.63, 3.8) is 0 Å². The van der Waals surface area contributed by atoms with Gasteiger partial charge < -0.3 is 20.8 Å². The number of β-lactam (4-membered cyclic amide) rings is 1. The second-order valence-corrected chi connectivity index (χ2v) is 8.64. The summed E-state index contributed by atoms with van der Waals surface area (Å²) in [5.74, 6) is -3.19. The van der Waals surface area contributed by atoms with Crippen molar-refractivity contribution >= 4 is 35.5 Å². The lowest BCUT2D eigenvalue weighted by molar-refractivity contribution is -0.192. The summed E-state index contributed by atoms with van der Waals surface area (Å²) in [6.45, 7) is 1.50. The zero-order chi connectivity index (χ0) is 23.1. The highest BCUT2D eigenvalue weighted by atomic mass is 32.2. The van der Waals surface area contributed by atoms with Crippen LogP contribution < -0.4 is 5.73 Å². The van der Waals surface area contributed by atoms with E-state index in [2.05, 4.69) is 0 Å². The van der Waals surface area contributed by atoms with Crippen LogP contribution in [-0.4, -0.2) is 80.2 Å². The van der Waals surface area contributed by atoms with Gasteiger partial charge in [0.15, 0.2) is 0 Å². The lowest BCUT2D eigenvalue weighted by Crippen LogP contribution is -2.68. The highest BCUT2D eigenvalue weighted by Crippen LogP contribution is 2.40. The Morgan fingerprint density at radius 3 is 2.35 bits per heavy atom. The third-order valence-electron chi connectivity index (χ3n) is 5.22. The molecule has 2 atom stereocenters. The molecule has 0 unspecified atom stereocenters. The van der Waals surface area contributed by atoms with Gasteiger partial charge in [-0.3, -0.25) is 14.5 Å². The first-order chi connectivity index (χ1) is 14.4. The fraction of sp³-hybridized carbons (Fsp3) is 0.556. The number of amides is 2. The van der Waals surface area contributed by atoms with Crippen LogP contribution in [0.1, 0.15) is 19.3 Å². The lowest BCUT2D eigenvalue weighted by atomic mass is 10.0. The summed E-state index contributed by atoms with van der Waals surface area (Å²) in [5.41, 5.74) is 6.88. The number of likely N-dealkylation sites (tertiary alicyclic amines) is 1. The summed E-state index contributed by atoms with van der Waals surface area (Å²) in [7, 11) is 0. The minimum Gasteiger partial charge on any atom is -0.477 e. The molecule has 4 aliphatic rings. The summed E-state index contributed by atoms with van der Waals surface area (Å²) in [6, 6.07) is -0.638. The number of halogens is 3. The molecule has 9 nitrogen and oxygen atoms in total. The van der Waals surface area contributed by atoms with Crippen LogP contribution in [0.3, 0.4) is 0 Å². The Bertz CT molecular complexity index is 883. The molecule has 2 saturated heterocycles. The van der Waals surface area contributed by atoms with Gasteiger partial charge in [-0.15, -0.1) is 11.8 Å². The fourth-order valence-electron chi connectivity index (χ4n) is 3.45. The van der Waals surface area contributed by atoms with Gasteiger partial charge in [-0.2, -0.15) is 13.2 Å². The van der Waals surface area contributed by atoms with E-state index in [0.29, 0.717) is 35.8 Å². The Kier molecular flexibility index (Phi) is 6.37. The second-order valence-electron chi connectivity index (χ2n) is 7.53. The van der Waals surface area contributed by atoms with Gasteiger partial charge in [0.2, 0.25) is 11.8 Å². The predicted octanol–water partition coefficient (Wildman–Crippen LogP) is 0.770. The average Bonchev–Trinajstić information content (AvgIpc) is 3.45. The number of allylic oxidation sites excluding steroid dienone is 1. The molecule has 170 valence electrons. The molecular formula is C18H20F3N3O6S. The molecule has 4 rings (SSSR count). The van der Waals surface area contributed by atoms with E-state index in [-0.39, 0.29) is 22.9 Å². The lowest BCUT2D eigenvalue weighted by Gasteiger charge is -2.47. The van der Waals surface area contributed by atoms with E-state index in [1.54, 1.807) is 6.08 Å². The van der Waals surface area contributed by atoms with Crippen LogP contribution >= 0.6 is 11.8 Å². The average molecular weight is 463 g/mol. The number of aliphatic carboxylic acids is 2. The summed E-state index contributed by atoms with van der Waals surface area (Å²) >= 11 is 1.45. The molecule has 2 amide bonds. The molecule has 3 heterocycles. The van der Waals surface area contributed by atoms with Gasteiger partial charge in [-0.25, -0.2) is 9.59 Å². The van der Waals surface area contributed by atoms with Gasteiger partial charge in [0.1, 0.15) is 17.1 Å². The Labute approximate surface area is 178 Å². The zero-order valence-corrected chi connectivity index (χ0v) is 16.9. The van der Waals surface area contributed by atoms with Crippen LogP contribution in [0.15, 0.2) is 22.9 Å². The van der Waals surface area contributed by atoms with Gasteiger partial charge in [-0.05, 0) is 36.8 Å². The molecule has 0 aromatic heterocycles. The fourth-order valence-corrected chi connectivity index (χ4v) is 4.70. The van der Waals surface area contributed by atoms with Gasteiger partial charge in [0.25, 0.3) is 0 Å². The largest absolute Gasteiger partial charge is 0.490 e. The maximum absolute atomic E-state index is 12.5. The third kappa shape index (κ3) is 4.87. The molecule has 0 aromatic carbocycles. The van der Waals surface area contributed by atoms with Crippen molar-refractivity contribution in [2.24, 2.45) is 11.7 Å². The summed E-state index contributed by atoms with van der Waals surface area (Å²) < 4.78 is 31.7.